The summed E-state index contributed by atoms with van der Waals surface area (Å²) in [4.78, 5) is 19.6. The summed E-state index contributed by atoms with van der Waals surface area (Å²) in [6.45, 7) is 0. The number of rotatable bonds is 5. The van der Waals surface area contributed by atoms with E-state index in [2.05, 4.69) is 15.3 Å². The van der Waals surface area contributed by atoms with Gasteiger partial charge in [-0.05, 0) is 12.1 Å². The van der Waals surface area contributed by atoms with Gasteiger partial charge in [0.2, 0.25) is 6.33 Å². The molecular formula is C18H17ClN8O2+2. The Morgan fingerprint density at radius 2 is 1.66 bits per heavy atom. The Morgan fingerprint density at radius 1 is 1.03 bits per heavy atom. The lowest BCUT2D eigenvalue weighted by molar-refractivity contribution is -0.670. The fourth-order valence-corrected chi connectivity index (χ4v) is 2.97. The number of nitrogens with zero attached hydrogens (tertiary/aromatic N) is 7. The first-order chi connectivity index (χ1) is 13.9. The molecule has 1 aromatic carbocycles. The minimum Gasteiger partial charge on any atom is -0.339 e. The lowest BCUT2D eigenvalue weighted by Gasteiger charge is -2.09. The van der Waals surface area contributed by atoms with Gasteiger partial charge in [-0.1, -0.05) is 11.6 Å². The van der Waals surface area contributed by atoms with Gasteiger partial charge in [-0.15, -0.1) is 4.98 Å². The molecule has 4 aromatic rings. The van der Waals surface area contributed by atoms with Gasteiger partial charge in [-0.2, -0.15) is 14.1 Å². The number of imidazole rings is 2. The molecule has 0 aliphatic heterocycles. The van der Waals surface area contributed by atoms with Gasteiger partial charge in [0.1, 0.15) is 24.8 Å². The largest absolute Gasteiger partial charge is 0.339 e. The van der Waals surface area contributed by atoms with E-state index in [0.717, 1.165) is 0 Å². The van der Waals surface area contributed by atoms with E-state index in [0.29, 0.717) is 28.3 Å². The van der Waals surface area contributed by atoms with Gasteiger partial charge in [0.25, 0.3) is 17.8 Å². The summed E-state index contributed by atoms with van der Waals surface area (Å²) < 4.78 is 7.30. The van der Waals surface area contributed by atoms with Crippen LogP contribution in [0, 0.1) is 10.1 Å². The number of aromatic nitrogens is 6. The molecule has 11 heteroatoms. The minimum atomic E-state index is -0.449. The van der Waals surface area contributed by atoms with E-state index >= 15 is 0 Å². The van der Waals surface area contributed by atoms with Crippen LogP contribution in [-0.4, -0.2) is 24.0 Å². The third kappa shape index (κ3) is 3.78. The van der Waals surface area contributed by atoms with Gasteiger partial charge >= 0.3 is 5.95 Å². The van der Waals surface area contributed by atoms with Crippen molar-refractivity contribution in [3.63, 3.8) is 0 Å². The van der Waals surface area contributed by atoms with Crippen molar-refractivity contribution in [2.75, 3.05) is 5.32 Å². The summed E-state index contributed by atoms with van der Waals surface area (Å²) in [6, 6.07) is 6.02. The highest BCUT2D eigenvalue weighted by Gasteiger charge is 2.22. The highest BCUT2D eigenvalue weighted by atomic mass is 35.5. The highest BCUT2D eigenvalue weighted by Crippen LogP contribution is 2.29. The predicted molar refractivity (Wildman–Crippen MR) is 104 cm³/mol. The molecule has 3 heterocycles. The van der Waals surface area contributed by atoms with Crippen molar-refractivity contribution in [3.05, 3.63) is 76.8 Å². The van der Waals surface area contributed by atoms with E-state index in [4.69, 9.17) is 11.6 Å². The summed E-state index contributed by atoms with van der Waals surface area (Å²) in [5.74, 6) is 1.30. The van der Waals surface area contributed by atoms with Crippen LogP contribution in [0.2, 0.25) is 5.02 Å². The molecule has 3 aromatic heterocycles. The SMILES string of the molecule is C[n+]1ccn(-c2nc(Nc3ccc([N+](=O)[O-])cc3)c(Cl)c(-n3cc[n+](C)c3)n2)c1. The van der Waals surface area contributed by atoms with E-state index in [-0.39, 0.29) is 5.69 Å². The minimum absolute atomic E-state index is 0.00500. The van der Waals surface area contributed by atoms with E-state index in [1.165, 1.54) is 12.1 Å². The Balaban J connectivity index is 1.80. The Bertz CT molecular complexity index is 1200. The summed E-state index contributed by atoms with van der Waals surface area (Å²) in [7, 11) is 3.80. The van der Waals surface area contributed by atoms with Crippen molar-refractivity contribution >= 4 is 28.8 Å². The predicted octanol–water partition coefficient (Wildman–Crippen LogP) is 2.01. The van der Waals surface area contributed by atoms with Crippen molar-refractivity contribution in [2.45, 2.75) is 0 Å². The van der Waals surface area contributed by atoms with Gasteiger partial charge in [0.05, 0.1) is 19.0 Å². The van der Waals surface area contributed by atoms with Crippen molar-refractivity contribution in [2.24, 2.45) is 14.1 Å². The van der Waals surface area contributed by atoms with E-state index in [1.807, 2.05) is 60.7 Å². The number of nitro groups is 1. The van der Waals surface area contributed by atoms with Crippen LogP contribution in [0.25, 0.3) is 11.8 Å². The smallest absolute Gasteiger partial charge is 0.331 e. The zero-order valence-electron chi connectivity index (χ0n) is 15.6. The summed E-state index contributed by atoms with van der Waals surface area (Å²) in [6.07, 6.45) is 11.1. The zero-order chi connectivity index (χ0) is 20.5. The van der Waals surface area contributed by atoms with E-state index < -0.39 is 4.92 Å². The van der Waals surface area contributed by atoms with Crippen LogP contribution >= 0.6 is 11.6 Å². The Labute approximate surface area is 170 Å². The molecule has 0 atom stereocenters. The van der Waals surface area contributed by atoms with Crippen LogP contribution < -0.4 is 14.5 Å². The molecule has 0 radical (unpaired) electrons. The quantitative estimate of drug-likeness (QED) is 0.307. The number of nitro benzene ring substituents is 1. The second kappa shape index (κ2) is 7.32. The molecular weight excluding hydrogens is 396 g/mol. The first-order valence-electron chi connectivity index (χ1n) is 8.57. The van der Waals surface area contributed by atoms with Gasteiger partial charge in [0, 0.05) is 17.8 Å². The number of hydrogen-bond acceptors (Lipinski definition) is 5. The standard InChI is InChI=1S/C18H17ClN8O2/c1-23-7-9-25(11-23)17-15(19)16(20-13-3-5-14(6-4-13)27(28)29)21-18(22-17)26-10-8-24(2)12-26/h3-12H,1-2H3,(H,20,21,22)/q+2. The van der Waals surface area contributed by atoms with Crippen LogP contribution in [0.4, 0.5) is 17.2 Å². The lowest BCUT2D eigenvalue weighted by Crippen LogP contribution is -2.24. The van der Waals surface area contributed by atoms with Crippen molar-refractivity contribution in [1.82, 2.24) is 19.1 Å². The third-order valence-electron chi connectivity index (χ3n) is 4.18. The molecule has 0 unspecified atom stereocenters. The number of benzene rings is 1. The lowest BCUT2D eigenvalue weighted by atomic mass is 10.3. The molecule has 0 aliphatic carbocycles. The fraction of sp³-hybridized carbons (Fsp3) is 0.111. The first kappa shape index (κ1) is 18.6. The van der Waals surface area contributed by atoms with Crippen molar-refractivity contribution < 1.29 is 14.1 Å². The Hall–Kier alpha value is -3.79. The second-order valence-corrected chi connectivity index (χ2v) is 6.79. The fourth-order valence-electron chi connectivity index (χ4n) is 2.74. The number of nitrogens with one attached hydrogen (secondary N) is 1. The molecule has 0 aliphatic rings. The summed E-state index contributed by atoms with van der Waals surface area (Å²) in [5.41, 5.74) is 0.620. The van der Waals surface area contributed by atoms with Gasteiger partial charge < -0.3 is 5.32 Å². The van der Waals surface area contributed by atoms with Crippen LogP contribution in [0.15, 0.2) is 61.7 Å². The van der Waals surface area contributed by atoms with E-state index in [1.54, 1.807) is 21.3 Å². The number of halogens is 1. The molecule has 29 heavy (non-hydrogen) atoms. The van der Waals surface area contributed by atoms with Gasteiger partial charge in [0.15, 0.2) is 10.8 Å². The molecule has 4 rings (SSSR count). The zero-order valence-corrected chi connectivity index (χ0v) is 16.4. The normalized spacial score (nSPS) is 10.9. The number of anilines is 2. The molecule has 0 saturated carbocycles. The topological polar surface area (TPSA) is 98.6 Å². The third-order valence-corrected chi connectivity index (χ3v) is 4.52. The number of hydrogen-bond donors (Lipinski definition) is 1. The summed E-state index contributed by atoms with van der Waals surface area (Å²) >= 11 is 6.61. The monoisotopic (exact) mass is 412 g/mol. The molecule has 0 fully saturated rings. The van der Waals surface area contributed by atoms with Crippen LogP contribution in [0.3, 0.4) is 0 Å². The molecule has 1 N–H and O–H groups in total. The Kier molecular flexibility index (Phi) is 4.69. The molecule has 0 saturated heterocycles. The first-order valence-corrected chi connectivity index (χ1v) is 8.95. The van der Waals surface area contributed by atoms with Gasteiger partial charge in [-0.3, -0.25) is 10.1 Å². The van der Waals surface area contributed by atoms with Crippen LogP contribution in [-0.2, 0) is 14.1 Å². The summed E-state index contributed by atoms with van der Waals surface area (Å²) in [5, 5.41) is 14.3. The van der Waals surface area contributed by atoms with Crippen molar-refractivity contribution in [1.29, 1.82) is 0 Å². The number of non-ortho nitro benzene ring substituents is 1. The maximum absolute atomic E-state index is 10.9. The van der Waals surface area contributed by atoms with Gasteiger partial charge in [-0.25, -0.2) is 9.13 Å². The van der Waals surface area contributed by atoms with Crippen molar-refractivity contribution in [3.8, 4) is 11.8 Å². The number of aryl methyl sites for hydroxylation is 2. The van der Waals surface area contributed by atoms with E-state index in [9.17, 15) is 10.1 Å². The maximum Gasteiger partial charge on any atom is 0.331 e. The molecule has 10 nitrogen and oxygen atoms in total. The average molecular weight is 413 g/mol. The Morgan fingerprint density at radius 3 is 2.21 bits per heavy atom. The highest BCUT2D eigenvalue weighted by molar-refractivity contribution is 6.34. The van der Waals surface area contributed by atoms with Crippen LogP contribution in [0.5, 0.6) is 0 Å². The molecule has 0 bridgehead atoms. The molecule has 0 spiro atoms. The maximum atomic E-state index is 10.9. The van der Waals surface area contributed by atoms with Crippen LogP contribution in [0.1, 0.15) is 0 Å². The molecule has 0 amide bonds. The molecule has 146 valence electrons. The second-order valence-electron chi connectivity index (χ2n) is 6.41. The average Bonchev–Trinajstić information content (AvgIpc) is 3.32.